The molecule has 118 valence electrons. The van der Waals surface area contributed by atoms with Crippen molar-refractivity contribution < 1.29 is 14.3 Å². The summed E-state index contributed by atoms with van der Waals surface area (Å²) in [6.45, 7) is 0.718. The van der Waals surface area contributed by atoms with Gasteiger partial charge in [0.25, 0.3) is 0 Å². The third-order valence-electron chi connectivity index (χ3n) is 3.58. The lowest BCUT2D eigenvalue weighted by molar-refractivity contribution is -0.117. The highest BCUT2D eigenvalue weighted by Crippen LogP contribution is 2.26. The maximum atomic E-state index is 12.2. The highest BCUT2D eigenvalue weighted by Gasteiger charge is 2.21. The van der Waals surface area contributed by atoms with Crippen molar-refractivity contribution >= 4 is 40.8 Å². The number of carbonyl (C=O) groups excluding carboxylic acids is 2. The number of hydrogen-bond acceptors (Lipinski definition) is 3. The standard InChI is InChI=1S/C17H13Cl2NO3/c18-11-3-8-15(19)14(10-11)17(22)23-13-6-4-12(5-7-13)20-9-1-2-16(20)21/h3-8,10H,1-2,9H2. The van der Waals surface area contributed by atoms with Crippen LogP contribution in [-0.2, 0) is 4.79 Å². The second-order valence-electron chi connectivity index (χ2n) is 5.16. The molecule has 0 unspecified atom stereocenters. The molecule has 2 aromatic rings. The normalized spacial score (nSPS) is 14.2. The van der Waals surface area contributed by atoms with E-state index in [9.17, 15) is 9.59 Å². The molecule has 6 heteroatoms. The zero-order chi connectivity index (χ0) is 16.4. The van der Waals surface area contributed by atoms with Gasteiger partial charge in [0.15, 0.2) is 0 Å². The SMILES string of the molecule is O=C(Oc1ccc(N2CCCC2=O)cc1)c1cc(Cl)ccc1Cl. The van der Waals surface area contributed by atoms with Gasteiger partial charge >= 0.3 is 5.97 Å². The van der Waals surface area contributed by atoms with E-state index in [2.05, 4.69) is 0 Å². The zero-order valence-corrected chi connectivity index (χ0v) is 13.6. The Kier molecular flexibility index (Phi) is 4.55. The largest absolute Gasteiger partial charge is 0.423 e. The summed E-state index contributed by atoms with van der Waals surface area (Å²) in [6, 6.07) is 11.4. The van der Waals surface area contributed by atoms with Crippen LogP contribution < -0.4 is 9.64 Å². The lowest BCUT2D eigenvalue weighted by atomic mass is 10.2. The Morgan fingerprint density at radius 3 is 2.48 bits per heavy atom. The van der Waals surface area contributed by atoms with E-state index in [1.807, 2.05) is 0 Å². The Bertz CT molecular complexity index is 759. The molecule has 0 aliphatic carbocycles. The number of amides is 1. The molecule has 1 fully saturated rings. The van der Waals surface area contributed by atoms with Crippen LogP contribution in [0.5, 0.6) is 5.75 Å². The fourth-order valence-corrected chi connectivity index (χ4v) is 2.80. The molecule has 0 aromatic heterocycles. The van der Waals surface area contributed by atoms with Gasteiger partial charge in [-0.3, -0.25) is 4.79 Å². The van der Waals surface area contributed by atoms with Crippen molar-refractivity contribution in [2.24, 2.45) is 0 Å². The number of nitrogens with zero attached hydrogens (tertiary/aromatic N) is 1. The van der Waals surface area contributed by atoms with E-state index in [-0.39, 0.29) is 16.5 Å². The molecule has 3 rings (SSSR count). The van der Waals surface area contributed by atoms with Crippen LogP contribution in [0.2, 0.25) is 10.0 Å². The number of esters is 1. The van der Waals surface area contributed by atoms with Gasteiger partial charge in [-0.15, -0.1) is 0 Å². The van der Waals surface area contributed by atoms with Crippen LogP contribution in [0.25, 0.3) is 0 Å². The molecule has 23 heavy (non-hydrogen) atoms. The number of halogens is 2. The van der Waals surface area contributed by atoms with Crippen LogP contribution in [0, 0.1) is 0 Å². The molecule has 0 radical (unpaired) electrons. The van der Waals surface area contributed by atoms with Crippen molar-refractivity contribution in [2.45, 2.75) is 12.8 Å². The fourth-order valence-electron chi connectivity index (χ4n) is 2.43. The second-order valence-corrected chi connectivity index (χ2v) is 6.00. The summed E-state index contributed by atoms with van der Waals surface area (Å²) in [5.41, 5.74) is 1.01. The maximum absolute atomic E-state index is 12.2. The van der Waals surface area contributed by atoms with Crippen LogP contribution in [0.15, 0.2) is 42.5 Å². The summed E-state index contributed by atoms with van der Waals surface area (Å²) in [7, 11) is 0. The fraction of sp³-hybridized carbons (Fsp3) is 0.176. The van der Waals surface area contributed by atoms with E-state index in [4.69, 9.17) is 27.9 Å². The van der Waals surface area contributed by atoms with Gasteiger partial charge in [0.05, 0.1) is 10.6 Å². The van der Waals surface area contributed by atoms with Crippen molar-refractivity contribution in [3.05, 3.63) is 58.1 Å². The van der Waals surface area contributed by atoms with Crippen molar-refractivity contribution in [1.29, 1.82) is 0 Å². The minimum atomic E-state index is -0.581. The predicted molar refractivity (Wildman–Crippen MR) is 89.4 cm³/mol. The molecule has 2 aromatic carbocycles. The van der Waals surface area contributed by atoms with E-state index in [0.29, 0.717) is 17.2 Å². The molecule has 1 aliphatic heterocycles. The Morgan fingerprint density at radius 1 is 1.09 bits per heavy atom. The van der Waals surface area contributed by atoms with Gasteiger partial charge in [-0.25, -0.2) is 4.79 Å². The van der Waals surface area contributed by atoms with Gasteiger partial charge in [-0.2, -0.15) is 0 Å². The molecule has 1 heterocycles. The molecular formula is C17H13Cl2NO3. The van der Waals surface area contributed by atoms with Gasteiger partial charge in [-0.05, 0) is 48.9 Å². The monoisotopic (exact) mass is 349 g/mol. The minimum absolute atomic E-state index is 0.112. The van der Waals surface area contributed by atoms with Gasteiger partial charge in [0, 0.05) is 23.7 Å². The molecule has 1 aliphatic rings. The molecule has 0 bridgehead atoms. The molecule has 0 saturated carbocycles. The van der Waals surface area contributed by atoms with E-state index in [1.54, 1.807) is 41.3 Å². The van der Waals surface area contributed by atoms with Crippen LogP contribution in [0.3, 0.4) is 0 Å². The summed E-state index contributed by atoms with van der Waals surface area (Å²) < 4.78 is 5.30. The Balaban J connectivity index is 1.74. The first kappa shape index (κ1) is 15.8. The highest BCUT2D eigenvalue weighted by atomic mass is 35.5. The van der Waals surface area contributed by atoms with E-state index in [0.717, 1.165) is 18.7 Å². The lowest BCUT2D eigenvalue weighted by Gasteiger charge is -2.15. The van der Waals surface area contributed by atoms with E-state index in [1.165, 1.54) is 6.07 Å². The van der Waals surface area contributed by atoms with Gasteiger partial charge in [0.2, 0.25) is 5.91 Å². The van der Waals surface area contributed by atoms with Gasteiger partial charge in [-0.1, -0.05) is 23.2 Å². The lowest BCUT2D eigenvalue weighted by Crippen LogP contribution is -2.23. The van der Waals surface area contributed by atoms with Crippen molar-refractivity contribution in [3.63, 3.8) is 0 Å². The summed E-state index contributed by atoms with van der Waals surface area (Å²) in [5, 5.41) is 0.683. The first-order valence-electron chi connectivity index (χ1n) is 7.12. The maximum Gasteiger partial charge on any atom is 0.345 e. The van der Waals surface area contributed by atoms with Gasteiger partial charge < -0.3 is 9.64 Å². The van der Waals surface area contributed by atoms with Crippen LogP contribution >= 0.6 is 23.2 Å². The van der Waals surface area contributed by atoms with E-state index >= 15 is 0 Å². The Labute approximate surface area is 143 Å². The highest BCUT2D eigenvalue weighted by molar-refractivity contribution is 6.35. The number of anilines is 1. The molecular weight excluding hydrogens is 337 g/mol. The number of hydrogen-bond donors (Lipinski definition) is 0. The molecule has 0 N–H and O–H groups in total. The average molecular weight is 350 g/mol. The molecule has 1 saturated heterocycles. The quantitative estimate of drug-likeness (QED) is 0.611. The Morgan fingerprint density at radius 2 is 1.83 bits per heavy atom. The van der Waals surface area contributed by atoms with Crippen LogP contribution in [0.4, 0.5) is 5.69 Å². The summed E-state index contributed by atoms with van der Waals surface area (Å²) in [6.07, 6.45) is 1.44. The minimum Gasteiger partial charge on any atom is -0.423 e. The summed E-state index contributed by atoms with van der Waals surface area (Å²) >= 11 is 11.8. The molecule has 0 atom stereocenters. The number of benzene rings is 2. The summed E-state index contributed by atoms with van der Waals surface area (Å²) in [4.78, 5) is 25.6. The molecule has 1 amide bonds. The zero-order valence-electron chi connectivity index (χ0n) is 12.1. The van der Waals surface area contributed by atoms with Gasteiger partial charge in [0.1, 0.15) is 5.75 Å². The number of rotatable bonds is 3. The number of carbonyl (C=O) groups is 2. The number of ether oxygens (including phenoxy) is 1. The Hall–Kier alpha value is -2.04. The smallest absolute Gasteiger partial charge is 0.345 e. The average Bonchev–Trinajstić information content (AvgIpc) is 2.96. The first-order valence-corrected chi connectivity index (χ1v) is 7.88. The van der Waals surface area contributed by atoms with E-state index < -0.39 is 5.97 Å². The van der Waals surface area contributed by atoms with Crippen molar-refractivity contribution in [2.75, 3.05) is 11.4 Å². The third kappa shape index (κ3) is 3.49. The third-order valence-corrected chi connectivity index (χ3v) is 4.15. The predicted octanol–water partition coefficient (Wildman–Crippen LogP) is 4.34. The second kappa shape index (κ2) is 6.60. The van der Waals surface area contributed by atoms with Crippen LogP contribution in [0.1, 0.15) is 23.2 Å². The van der Waals surface area contributed by atoms with Crippen LogP contribution in [-0.4, -0.2) is 18.4 Å². The van der Waals surface area contributed by atoms with Crippen molar-refractivity contribution in [1.82, 2.24) is 0 Å². The molecule has 4 nitrogen and oxygen atoms in total. The molecule has 0 spiro atoms. The van der Waals surface area contributed by atoms with Crippen molar-refractivity contribution in [3.8, 4) is 5.75 Å². The topological polar surface area (TPSA) is 46.6 Å². The first-order chi connectivity index (χ1) is 11.0. The summed E-state index contributed by atoms with van der Waals surface area (Å²) in [5.74, 6) is -0.0932.